The summed E-state index contributed by atoms with van der Waals surface area (Å²) in [7, 11) is 0. The molecule has 1 unspecified atom stereocenters. The van der Waals surface area contributed by atoms with Gasteiger partial charge in [-0.15, -0.1) is 0 Å². The summed E-state index contributed by atoms with van der Waals surface area (Å²) in [6.45, 7) is 3.41. The number of rotatable bonds is 6. The molecule has 0 saturated heterocycles. The monoisotopic (exact) mass is 352 g/mol. The predicted octanol–water partition coefficient (Wildman–Crippen LogP) is 1.14. The maximum Gasteiger partial charge on any atom is 0.266 e. The Balaban J connectivity index is 2.13. The van der Waals surface area contributed by atoms with Crippen molar-refractivity contribution in [1.82, 2.24) is 10.3 Å². The number of hydrogen-bond acceptors (Lipinski definition) is 4. The second kappa shape index (κ2) is 8.12. The van der Waals surface area contributed by atoms with Gasteiger partial charge in [0.25, 0.3) is 5.56 Å². The Labute approximate surface area is 150 Å². The minimum absolute atomic E-state index is 0.0466. The number of carbonyl (C=O) groups excluding carboxylic acids is 2. The molecule has 7 nitrogen and oxygen atoms in total. The maximum atomic E-state index is 12.3. The number of hydrogen-bond donors (Lipinski definition) is 3. The Morgan fingerprint density at radius 3 is 2.50 bits per heavy atom. The summed E-state index contributed by atoms with van der Waals surface area (Å²) >= 11 is 0. The van der Waals surface area contributed by atoms with E-state index in [1.54, 1.807) is 44.2 Å². The number of benzene rings is 1. The van der Waals surface area contributed by atoms with Crippen LogP contribution < -0.4 is 16.6 Å². The molecule has 7 heteroatoms. The molecule has 1 atom stereocenters. The van der Waals surface area contributed by atoms with Gasteiger partial charge in [-0.1, -0.05) is 30.3 Å². The van der Waals surface area contributed by atoms with E-state index in [0.717, 1.165) is 5.56 Å². The highest BCUT2D eigenvalue weighted by molar-refractivity contribution is 5.87. The molecule has 2 rings (SSSR count). The van der Waals surface area contributed by atoms with Crippen molar-refractivity contribution in [2.45, 2.75) is 32.7 Å². The molecule has 0 fully saturated rings. The van der Waals surface area contributed by atoms with Crippen molar-refractivity contribution < 1.29 is 9.59 Å². The molecule has 2 amide bonds. The summed E-state index contributed by atoms with van der Waals surface area (Å²) < 4.78 is 0. The number of nitrogens with two attached hydrogens (primary N) is 1. The predicted molar refractivity (Wildman–Crippen MR) is 96.1 cm³/mol. The first-order chi connectivity index (χ1) is 12.3. The first kappa shape index (κ1) is 18.9. The number of H-pyrrole nitrogens is 1. The topological polar surface area (TPSA) is 129 Å². The van der Waals surface area contributed by atoms with Crippen LogP contribution in [-0.2, 0) is 16.0 Å². The average Bonchev–Trinajstić information content (AvgIpc) is 2.60. The molecular formula is C19H20N4O3. The lowest BCUT2D eigenvalue weighted by Gasteiger charge is -2.16. The molecule has 0 aliphatic heterocycles. The van der Waals surface area contributed by atoms with E-state index in [1.165, 1.54) is 0 Å². The lowest BCUT2D eigenvalue weighted by atomic mass is 9.98. The van der Waals surface area contributed by atoms with Crippen LogP contribution in [0.4, 0.5) is 0 Å². The molecule has 0 spiro atoms. The molecule has 2 aromatic rings. The summed E-state index contributed by atoms with van der Waals surface area (Å²) in [4.78, 5) is 38.3. The fourth-order valence-corrected chi connectivity index (χ4v) is 2.86. The highest BCUT2D eigenvalue weighted by atomic mass is 16.2. The molecule has 1 aromatic heterocycles. The number of primary amides is 1. The summed E-state index contributed by atoms with van der Waals surface area (Å²) in [5.41, 5.74) is 7.54. The number of aryl methyl sites for hydroxylation is 1. The lowest BCUT2D eigenvalue weighted by Crippen LogP contribution is -2.37. The van der Waals surface area contributed by atoms with E-state index in [1.807, 2.05) is 6.07 Å². The van der Waals surface area contributed by atoms with Crippen molar-refractivity contribution in [2.24, 2.45) is 5.73 Å². The van der Waals surface area contributed by atoms with Crippen LogP contribution in [0.15, 0.2) is 35.1 Å². The Morgan fingerprint density at radius 1 is 1.27 bits per heavy atom. The van der Waals surface area contributed by atoms with Crippen molar-refractivity contribution in [2.75, 3.05) is 0 Å². The number of aromatic nitrogens is 1. The van der Waals surface area contributed by atoms with Gasteiger partial charge in [0.15, 0.2) is 0 Å². The molecule has 0 aliphatic rings. The number of nitrogens with one attached hydrogen (secondary N) is 2. The number of aromatic amines is 1. The van der Waals surface area contributed by atoms with E-state index in [2.05, 4.69) is 10.3 Å². The fourth-order valence-electron chi connectivity index (χ4n) is 2.86. The minimum Gasteiger partial charge on any atom is -0.368 e. The molecule has 0 bridgehead atoms. The standard InChI is InChI=1S/C19H20N4O3/c1-11-14(12(2)22-19(26)15(11)10-20)8-9-16(24)23-17(18(21)25)13-6-4-3-5-7-13/h3-7,17H,8-9H2,1-2H3,(H2,21,25)(H,22,26)(H,23,24). The minimum atomic E-state index is -0.906. The molecule has 0 radical (unpaired) electrons. The molecular weight excluding hydrogens is 332 g/mol. The van der Waals surface area contributed by atoms with Crippen LogP contribution in [0.1, 0.15) is 40.4 Å². The Hall–Kier alpha value is -3.40. The highest BCUT2D eigenvalue weighted by Crippen LogP contribution is 2.16. The Bertz CT molecular complexity index is 926. The zero-order chi connectivity index (χ0) is 19.3. The molecule has 1 heterocycles. The quantitative estimate of drug-likeness (QED) is 0.720. The summed E-state index contributed by atoms with van der Waals surface area (Å²) in [6.07, 6.45) is 0.421. The largest absolute Gasteiger partial charge is 0.368 e. The van der Waals surface area contributed by atoms with Gasteiger partial charge in [-0.3, -0.25) is 14.4 Å². The fraction of sp³-hybridized carbons (Fsp3) is 0.263. The van der Waals surface area contributed by atoms with Gasteiger partial charge in [-0.05, 0) is 37.0 Å². The number of amides is 2. The van der Waals surface area contributed by atoms with Gasteiger partial charge in [0, 0.05) is 12.1 Å². The van der Waals surface area contributed by atoms with Crippen molar-refractivity contribution in [1.29, 1.82) is 5.26 Å². The number of nitrogens with zero attached hydrogens (tertiary/aromatic N) is 1. The van der Waals surface area contributed by atoms with Gasteiger partial charge < -0.3 is 16.0 Å². The normalized spacial score (nSPS) is 11.4. The zero-order valence-electron chi connectivity index (χ0n) is 14.6. The van der Waals surface area contributed by atoms with Crippen LogP contribution in [0.2, 0.25) is 0 Å². The van der Waals surface area contributed by atoms with Crippen molar-refractivity contribution in [3.05, 3.63) is 68.6 Å². The van der Waals surface area contributed by atoms with Gasteiger partial charge in [0.05, 0.1) is 0 Å². The highest BCUT2D eigenvalue weighted by Gasteiger charge is 2.20. The van der Waals surface area contributed by atoms with Crippen LogP contribution in [-0.4, -0.2) is 16.8 Å². The first-order valence-corrected chi connectivity index (χ1v) is 8.11. The molecule has 4 N–H and O–H groups in total. The SMILES string of the molecule is Cc1[nH]c(=O)c(C#N)c(C)c1CCC(=O)NC(C(N)=O)c1ccccc1. The first-order valence-electron chi connectivity index (χ1n) is 8.11. The molecule has 26 heavy (non-hydrogen) atoms. The van der Waals surface area contributed by atoms with E-state index in [0.29, 0.717) is 23.2 Å². The third-order valence-corrected chi connectivity index (χ3v) is 4.25. The van der Waals surface area contributed by atoms with E-state index in [-0.39, 0.29) is 17.9 Å². The Kier molecular flexibility index (Phi) is 5.91. The molecule has 1 aromatic carbocycles. The van der Waals surface area contributed by atoms with Crippen LogP contribution in [0.5, 0.6) is 0 Å². The third-order valence-electron chi connectivity index (χ3n) is 4.25. The van der Waals surface area contributed by atoms with Crippen molar-refractivity contribution in [3.63, 3.8) is 0 Å². The van der Waals surface area contributed by atoms with Crippen LogP contribution >= 0.6 is 0 Å². The van der Waals surface area contributed by atoms with Crippen LogP contribution in [0.3, 0.4) is 0 Å². The van der Waals surface area contributed by atoms with E-state index in [4.69, 9.17) is 11.0 Å². The number of carbonyl (C=O) groups is 2. The molecule has 0 saturated carbocycles. The van der Waals surface area contributed by atoms with Gasteiger partial charge in [-0.25, -0.2) is 0 Å². The zero-order valence-corrected chi connectivity index (χ0v) is 14.6. The average molecular weight is 352 g/mol. The summed E-state index contributed by atoms with van der Waals surface area (Å²) in [5.74, 6) is -0.992. The second-order valence-electron chi connectivity index (χ2n) is 5.98. The van der Waals surface area contributed by atoms with E-state index in [9.17, 15) is 14.4 Å². The lowest BCUT2D eigenvalue weighted by molar-refractivity contribution is -0.127. The van der Waals surface area contributed by atoms with Gasteiger partial charge in [-0.2, -0.15) is 5.26 Å². The second-order valence-corrected chi connectivity index (χ2v) is 5.98. The smallest absolute Gasteiger partial charge is 0.266 e. The number of nitriles is 1. The van der Waals surface area contributed by atoms with Crippen molar-refractivity contribution in [3.8, 4) is 6.07 Å². The van der Waals surface area contributed by atoms with E-state index >= 15 is 0 Å². The van der Waals surface area contributed by atoms with Gasteiger partial charge in [0.2, 0.25) is 11.8 Å². The summed E-state index contributed by atoms with van der Waals surface area (Å²) in [5, 5.41) is 11.7. The molecule has 0 aliphatic carbocycles. The van der Waals surface area contributed by atoms with Crippen LogP contribution in [0, 0.1) is 25.2 Å². The van der Waals surface area contributed by atoms with Crippen molar-refractivity contribution >= 4 is 11.8 Å². The van der Waals surface area contributed by atoms with E-state index < -0.39 is 17.5 Å². The third kappa shape index (κ3) is 4.16. The maximum absolute atomic E-state index is 12.3. The van der Waals surface area contributed by atoms with Gasteiger partial charge >= 0.3 is 0 Å². The number of pyridine rings is 1. The Morgan fingerprint density at radius 2 is 1.92 bits per heavy atom. The molecule has 134 valence electrons. The van der Waals surface area contributed by atoms with Crippen LogP contribution in [0.25, 0.3) is 0 Å². The van der Waals surface area contributed by atoms with Gasteiger partial charge in [0.1, 0.15) is 17.7 Å². The summed E-state index contributed by atoms with van der Waals surface area (Å²) in [6, 6.07) is 9.72.